The van der Waals surface area contributed by atoms with E-state index in [0.29, 0.717) is 37.7 Å². The lowest BCUT2D eigenvalue weighted by atomic mass is 10.1. The van der Waals surface area contributed by atoms with Gasteiger partial charge in [0.15, 0.2) is 11.0 Å². The van der Waals surface area contributed by atoms with Crippen molar-refractivity contribution >= 4 is 22.4 Å². The minimum Gasteiger partial charge on any atom is -0.445 e. The number of thiazole rings is 1. The number of rotatable bonds is 4. The molecule has 24 heavy (non-hydrogen) atoms. The molecule has 128 valence electrons. The second-order valence-corrected chi connectivity index (χ2v) is 7.11. The number of oxazole rings is 1. The van der Waals surface area contributed by atoms with Crippen LogP contribution in [0.5, 0.6) is 0 Å². The molecule has 4 rings (SSSR count). The third-order valence-corrected chi connectivity index (χ3v) is 5.26. The number of anilines is 1. The Morgan fingerprint density at radius 1 is 1.46 bits per heavy atom. The fourth-order valence-corrected chi connectivity index (χ4v) is 3.76. The summed E-state index contributed by atoms with van der Waals surface area (Å²) in [5.74, 6) is 2.08. The SMILES string of the molecule is Nc1nc(CCC(=O)N2CCc3oc(C4CCOC4)nc3C2)cs1. The molecule has 2 N–H and O–H groups in total. The van der Waals surface area contributed by atoms with Gasteiger partial charge in [-0.3, -0.25) is 4.79 Å². The number of nitrogens with zero attached hydrogens (tertiary/aromatic N) is 3. The van der Waals surface area contributed by atoms with Gasteiger partial charge in [-0.05, 0) is 12.8 Å². The second-order valence-electron chi connectivity index (χ2n) is 6.22. The van der Waals surface area contributed by atoms with Gasteiger partial charge >= 0.3 is 0 Å². The third-order valence-electron chi connectivity index (χ3n) is 4.54. The Bertz CT molecular complexity index is 736. The highest BCUT2D eigenvalue weighted by Gasteiger charge is 2.29. The number of aromatic nitrogens is 2. The van der Waals surface area contributed by atoms with E-state index in [9.17, 15) is 4.79 Å². The highest BCUT2D eigenvalue weighted by Crippen LogP contribution is 2.29. The predicted octanol–water partition coefficient (Wildman–Crippen LogP) is 1.73. The van der Waals surface area contributed by atoms with Gasteiger partial charge in [-0.15, -0.1) is 11.3 Å². The van der Waals surface area contributed by atoms with Crippen LogP contribution in [0.4, 0.5) is 5.13 Å². The highest BCUT2D eigenvalue weighted by molar-refractivity contribution is 7.13. The maximum Gasteiger partial charge on any atom is 0.223 e. The Balaban J connectivity index is 1.37. The summed E-state index contributed by atoms with van der Waals surface area (Å²) >= 11 is 1.41. The molecule has 1 saturated heterocycles. The van der Waals surface area contributed by atoms with E-state index < -0.39 is 0 Å². The molecule has 1 atom stereocenters. The molecule has 0 radical (unpaired) electrons. The molecule has 7 nitrogen and oxygen atoms in total. The average molecular weight is 348 g/mol. The smallest absolute Gasteiger partial charge is 0.223 e. The zero-order valence-corrected chi connectivity index (χ0v) is 14.2. The zero-order valence-electron chi connectivity index (χ0n) is 13.4. The number of nitrogens with two attached hydrogens (primary N) is 1. The minimum atomic E-state index is 0.126. The number of carbonyl (C=O) groups excluding carboxylic acids is 1. The van der Waals surface area contributed by atoms with Gasteiger partial charge in [-0.2, -0.15) is 0 Å². The lowest BCUT2D eigenvalue weighted by molar-refractivity contribution is -0.132. The molecule has 0 saturated carbocycles. The van der Waals surface area contributed by atoms with Crippen molar-refractivity contribution in [2.75, 3.05) is 25.5 Å². The molecule has 2 aromatic rings. The molecular weight excluding hydrogens is 328 g/mol. The summed E-state index contributed by atoms with van der Waals surface area (Å²) in [6.07, 6.45) is 2.75. The van der Waals surface area contributed by atoms with E-state index in [4.69, 9.17) is 14.9 Å². The first kappa shape index (κ1) is 15.6. The van der Waals surface area contributed by atoms with Crippen molar-refractivity contribution in [1.29, 1.82) is 0 Å². The topological polar surface area (TPSA) is 94.5 Å². The van der Waals surface area contributed by atoms with Gasteiger partial charge in [0.05, 0.1) is 24.8 Å². The lowest BCUT2D eigenvalue weighted by Gasteiger charge is -2.25. The Morgan fingerprint density at radius 3 is 3.12 bits per heavy atom. The summed E-state index contributed by atoms with van der Waals surface area (Å²) in [4.78, 5) is 23.1. The second kappa shape index (κ2) is 6.52. The number of ether oxygens (including phenoxy) is 1. The van der Waals surface area contributed by atoms with Crippen LogP contribution >= 0.6 is 11.3 Å². The van der Waals surface area contributed by atoms with Crippen LogP contribution in [0.3, 0.4) is 0 Å². The van der Waals surface area contributed by atoms with Gasteiger partial charge in [0.25, 0.3) is 0 Å². The van der Waals surface area contributed by atoms with Crippen molar-refractivity contribution in [3.05, 3.63) is 28.4 Å². The monoisotopic (exact) mass is 348 g/mol. The van der Waals surface area contributed by atoms with Gasteiger partial charge in [-0.25, -0.2) is 9.97 Å². The van der Waals surface area contributed by atoms with E-state index in [2.05, 4.69) is 9.97 Å². The van der Waals surface area contributed by atoms with Gasteiger partial charge < -0.3 is 19.8 Å². The number of hydrogen-bond acceptors (Lipinski definition) is 7. The van der Waals surface area contributed by atoms with E-state index >= 15 is 0 Å². The standard InChI is InChI=1S/C16H20N4O3S/c17-16-18-11(9-24-16)1-2-14(21)20-5-3-13-12(7-20)19-15(23-13)10-4-6-22-8-10/h9-10H,1-8H2,(H2,17,18). The maximum absolute atomic E-state index is 12.4. The summed E-state index contributed by atoms with van der Waals surface area (Å²) in [5.41, 5.74) is 7.40. The summed E-state index contributed by atoms with van der Waals surface area (Å²) in [5, 5.41) is 2.45. The van der Waals surface area contributed by atoms with Crippen LogP contribution in [0.1, 0.15) is 41.8 Å². The molecule has 1 amide bonds. The maximum atomic E-state index is 12.4. The molecule has 2 aliphatic heterocycles. The number of amides is 1. The van der Waals surface area contributed by atoms with Crippen LogP contribution in [0.2, 0.25) is 0 Å². The normalized spacial score (nSPS) is 20.3. The third kappa shape index (κ3) is 3.16. The molecule has 1 fully saturated rings. The first-order chi connectivity index (χ1) is 11.7. The van der Waals surface area contributed by atoms with E-state index in [0.717, 1.165) is 42.5 Å². The van der Waals surface area contributed by atoms with E-state index in [1.807, 2.05) is 10.3 Å². The van der Waals surface area contributed by atoms with Crippen LogP contribution in [0.25, 0.3) is 0 Å². The van der Waals surface area contributed by atoms with Crippen molar-refractivity contribution in [3.8, 4) is 0 Å². The van der Waals surface area contributed by atoms with Crippen LogP contribution < -0.4 is 5.73 Å². The minimum absolute atomic E-state index is 0.126. The molecule has 4 heterocycles. The number of fused-ring (bicyclic) bond motifs is 1. The number of aryl methyl sites for hydroxylation is 1. The van der Waals surface area contributed by atoms with Crippen molar-refractivity contribution in [1.82, 2.24) is 14.9 Å². The summed E-state index contributed by atoms with van der Waals surface area (Å²) in [7, 11) is 0. The molecule has 0 aromatic carbocycles. The van der Waals surface area contributed by atoms with Crippen molar-refractivity contribution in [3.63, 3.8) is 0 Å². The molecule has 8 heteroatoms. The molecule has 2 aliphatic rings. The molecule has 0 aliphatic carbocycles. The average Bonchev–Trinajstić information content (AvgIpc) is 3.31. The largest absolute Gasteiger partial charge is 0.445 e. The van der Waals surface area contributed by atoms with E-state index in [1.165, 1.54) is 11.3 Å². The van der Waals surface area contributed by atoms with Gasteiger partial charge in [-0.1, -0.05) is 0 Å². The Morgan fingerprint density at radius 2 is 2.38 bits per heavy atom. The van der Waals surface area contributed by atoms with Crippen LogP contribution in [-0.4, -0.2) is 40.5 Å². The quantitative estimate of drug-likeness (QED) is 0.904. The van der Waals surface area contributed by atoms with E-state index in [1.54, 1.807) is 0 Å². The summed E-state index contributed by atoms with van der Waals surface area (Å²) in [6.45, 7) is 2.66. The Labute approximate surface area is 143 Å². The van der Waals surface area contributed by atoms with Crippen molar-refractivity contribution < 1.29 is 13.9 Å². The Hall–Kier alpha value is -1.93. The number of nitrogen functional groups attached to an aromatic ring is 1. The molecule has 2 aromatic heterocycles. The summed E-state index contributed by atoms with van der Waals surface area (Å²) in [6, 6.07) is 0. The van der Waals surface area contributed by atoms with Crippen molar-refractivity contribution in [2.45, 2.75) is 38.1 Å². The van der Waals surface area contributed by atoms with Crippen LogP contribution in [0, 0.1) is 0 Å². The molecule has 1 unspecified atom stereocenters. The van der Waals surface area contributed by atoms with Gasteiger partial charge in [0.2, 0.25) is 5.91 Å². The lowest BCUT2D eigenvalue weighted by Crippen LogP contribution is -2.35. The van der Waals surface area contributed by atoms with Crippen LogP contribution in [-0.2, 0) is 28.9 Å². The van der Waals surface area contributed by atoms with Gasteiger partial charge in [0.1, 0.15) is 11.5 Å². The van der Waals surface area contributed by atoms with Gasteiger partial charge in [0, 0.05) is 31.4 Å². The highest BCUT2D eigenvalue weighted by atomic mass is 32.1. The Kier molecular flexibility index (Phi) is 4.24. The van der Waals surface area contributed by atoms with Crippen molar-refractivity contribution in [2.24, 2.45) is 0 Å². The zero-order chi connectivity index (χ0) is 16.5. The molecule has 0 bridgehead atoms. The van der Waals surface area contributed by atoms with E-state index in [-0.39, 0.29) is 11.8 Å². The first-order valence-electron chi connectivity index (χ1n) is 8.23. The summed E-state index contributed by atoms with van der Waals surface area (Å²) < 4.78 is 11.3. The molecular formula is C16H20N4O3S. The molecule has 0 spiro atoms. The first-order valence-corrected chi connectivity index (χ1v) is 9.11. The predicted molar refractivity (Wildman–Crippen MR) is 88.6 cm³/mol. The van der Waals surface area contributed by atoms with Crippen LogP contribution in [0.15, 0.2) is 9.80 Å². The fraction of sp³-hybridized carbons (Fsp3) is 0.562. The number of carbonyl (C=O) groups is 1. The fourth-order valence-electron chi connectivity index (χ4n) is 3.17. The number of hydrogen-bond donors (Lipinski definition) is 1.